The van der Waals surface area contributed by atoms with Crippen LogP contribution in [0.5, 0.6) is 0 Å². The summed E-state index contributed by atoms with van der Waals surface area (Å²) < 4.78 is 43.4. The number of alkyl halides is 3. The van der Waals surface area contributed by atoms with E-state index in [9.17, 15) is 18.0 Å². The van der Waals surface area contributed by atoms with E-state index in [1.807, 2.05) is 0 Å². The monoisotopic (exact) mass is 339 g/mol. The van der Waals surface area contributed by atoms with Gasteiger partial charge in [0.1, 0.15) is 5.92 Å². The van der Waals surface area contributed by atoms with Crippen molar-refractivity contribution in [3.8, 4) is 0 Å². The molecule has 4 nitrogen and oxygen atoms in total. The molecule has 124 valence electrons. The number of aliphatic hydroxyl groups excluding tert-OH is 1. The van der Waals surface area contributed by atoms with Gasteiger partial charge in [-0.15, -0.1) is 0 Å². The summed E-state index contributed by atoms with van der Waals surface area (Å²) in [6, 6.07) is 2.87. The number of halogens is 4. The molecular weight excluding hydrogens is 323 g/mol. The van der Waals surface area contributed by atoms with Crippen molar-refractivity contribution in [1.82, 2.24) is 0 Å². The van der Waals surface area contributed by atoms with E-state index in [-0.39, 0.29) is 29.2 Å². The molecule has 1 aromatic rings. The molecule has 1 rings (SSSR count). The fourth-order valence-corrected chi connectivity index (χ4v) is 2.22. The predicted molar refractivity (Wildman–Crippen MR) is 75.5 cm³/mol. The molecule has 0 radical (unpaired) electrons. The van der Waals surface area contributed by atoms with Gasteiger partial charge in [-0.25, -0.2) is 0 Å². The van der Waals surface area contributed by atoms with Gasteiger partial charge in [0.15, 0.2) is 0 Å². The number of hydrogen-bond acceptors (Lipinski definition) is 4. The Labute approximate surface area is 131 Å². The molecule has 0 amide bonds. The number of carbonyl (C=O) groups excluding carboxylic acids is 1. The van der Waals surface area contributed by atoms with Crippen LogP contribution in [-0.4, -0.2) is 30.5 Å². The van der Waals surface area contributed by atoms with E-state index in [0.717, 1.165) is 6.07 Å². The summed E-state index contributed by atoms with van der Waals surface area (Å²) in [6.07, 6.45) is -4.79. The van der Waals surface area contributed by atoms with Crippen molar-refractivity contribution in [3.05, 3.63) is 34.3 Å². The zero-order chi connectivity index (χ0) is 16.9. The maximum absolute atomic E-state index is 12.9. The molecule has 0 saturated heterocycles. The van der Waals surface area contributed by atoms with Gasteiger partial charge in [-0.3, -0.25) is 4.79 Å². The first-order chi connectivity index (χ1) is 10.2. The lowest BCUT2D eigenvalue weighted by molar-refractivity contribution is -0.158. The van der Waals surface area contributed by atoms with Crippen LogP contribution in [0.25, 0.3) is 0 Å². The summed E-state index contributed by atoms with van der Waals surface area (Å²) in [7, 11) is 0. The van der Waals surface area contributed by atoms with Gasteiger partial charge in [-0.05, 0) is 30.2 Å². The van der Waals surface area contributed by atoms with Gasteiger partial charge in [0.25, 0.3) is 0 Å². The summed E-state index contributed by atoms with van der Waals surface area (Å²) in [5, 5.41) is 9.03. The Morgan fingerprint density at radius 3 is 2.45 bits per heavy atom. The molecule has 22 heavy (non-hydrogen) atoms. The van der Waals surface area contributed by atoms with Crippen LogP contribution in [-0.2, 0) is 9.53 Å². The number of aliphatic hydroxyl groups is 1. The maximum atomic E-state index is 12.9. The number of carbonyl (C=O) groups is 1. The molecule has 0 aromatic heterocycles. The van der Waals surface area contributed by atoms with Crippen LogP contribution in [0.2, 0.25) is 5.02 Å². The molecule has 1 unspecified atom stereocenters. The number of hydrogen-bond donors (Lipinski definition) is 2. The van der Waals surface area contributed by atoms with Crippen molar-refractivity contribution in [2.45, 2.75) is 31.5 Å². The standard InChI is InChI=1S/C14H17ClF3NO3/c1-2-22-13(21)6-12(19)9-3-8(4-10(15)5-9)11(7-20)14(16,17)18/h3-5,11-12,20H,2,6-7,19H2,1H3/t11?,12-/m0/s1. The van der Waals surface area contributed by atoms with Crippen molar-refractivity contribution in [2.24, 2.45) is 5.73 Å². The van der Waals surface area contributed by atoms with E-state index in [2.05, 4.69) is 0 Å². The summed E-state index contributed by atoms with van der Waals surface area (Å²) in [4.78, 5) is 11.4. The number of rotatable bonds is 6. The van der Waals surface area contributed by atoms with Gasteiger partial charge in [0.05, 0.1) is 19.6 Å². The Bertz CT molecular complexity index is 523. The molecular formula is C14H17ClF3NO3. The van der Waals surface area contributed by atoms with E-state index in [1.165, 1.54) is 12.1 Å². The molecule has 0 saturated carbocycles. The lowest BCUT2D eigenvalue weighted by Crippen LogP contribution is -2.24. The molecule has 0 spiro atoms. The SMILES string of the molecule is CCOC(=O)C[C@H](N)c1cc(Cl)cc(C(CO)C(F)(F)F)c1. The predicted octanol–water partition coefficient (Wildman–Crippen LogP) is 2.93. The van der Waals surface area contributed by atoms with Crippen molar-refractivity contribution in [3.63, 3.8) is 0 Å². The van der Waals surface area contributed by atoms with Crippen LogP contribution in [0.3, 0.4) is 0 Å². The van der Waals surface area contributed by atoms with Crippen molar-refractivity contribution < 1.29 is 27.8 Å². The Morgan fingerprint density at radius 2 is 1.95 bits per heavy atom. The first-order valence-electron chi connectivity index (χ1n) is 6.58. The Morgan fingerprint density at radius 1 is 1.36 bits per heavy atom. The minimum atomic E-state index is -4.61. The van der Waals surface area contributed by atoms with E-state index < -0.39 is 30.7 Å². The van der Waals surface area contributed by atoms with Crippen molar-refractivity contribution >= 4 is 17.6 Å². The van der Waals surface area contributed by atoms with E-state index >= 15 is 0 Å². The highest BCUT2D eigenvalue weighted by molar-refractivity contribution is 6.30. The molecule has 0 fully saturated rings. The first kappa shape index (κ1) is 18.7. The van der Waals surface area contributed by atoms with Crippen molar-refractivity contribution in [2.75, 3.05) is 13.2 Å². The third-order valence-corrected chi connectivity index (χ3v) is 3.26. The molecule has 2 atom stereocenters. The highest BCUT2D eigenvalue weighted by Crippen LogP contribution is 2.36. The fourth-order valence-electron chi connectivity index (χ4n) is 1.97. The fraction of sp³-hybridized carbons (Fsp3) is 0.500. The summed E-state index contributed by atoms with van der Waals surface area (Å²) in [5.41, 5.74) is 5.89. The van der Waals surface area contributed by atoms with Gasteiger partial charge in [0.2, 0.25) is 0 Å². The Balaban J connectivity index is 3.06. The van der Waals surface area contributed by atoms with Gasteiger partial charge in [-0.1, -0.05) is 17.7 Å². The van der Waals surface area contributed by atoms with Gasteiger partial charge in [-0.2, -0.15) is 13.2 Å². The second-order valence-electron chi connectivity index (χ2n) is 4.71. The van der Waals surface area contributed by atoms with Crippen molar-refractivity contribution in [1.29, 1.82) is 0 Å². The number of nitrogens with two attached hydrogens (primary N) is 1. The smallest absolute Gasteiger partial charge is 0.397 e. The number of benzene rings is 1. The third-order valence-electron chi connectivity index (χ3n) is 3.04. The van der Waals surface area contributed by atoms with Gasteiger partial charge < -0.3 is 15.6 Å². The lowest BCUT2D eigenvalue weighted by Gasteiger charge is -2.20. The molecule has 3 N–H and O–H groups in total. The molecule has 0 aliphatic rings. The van der Waals surface area contributed by atoms with Crippen LogP contribution in [0.1, 0.15) is 36.4 Å². The van der Waals surface area contributed by atoms with Crippen LogP contribution < -0.4 is 5.73 Å². The average Bonchev–Trinajstić information content (AvgIpc) is 2.37. The topological polar surface area (TPSA) is 72.5 Å². The van der Waals surface area contributed by atoms with E-state index in [0.29, 0.717) is 0 Å². The third kappa shape index (κ3) is 5.15. The van der Waals surface area contributed by atoms with Crippen LogP contribution >= 0.6 is 11.6 Å². The molecule has 0 heterocycles. The van der Waals surface area contributed by atoms with E-state index in [1.54, 1.807) is 6.92 Å². The number of esters is 1. The molecule has 8 heteroatoms. The Kier molecular flexibility index (Phi) is 6.65. The van der Waals surface area contributed by atoms with Crippen LogP contribution in [0.4, 0.5) is 13.2 Å². The average molecular weight is 340 g/mol. The van der Waals surface area contributed by atoms with Crippen LogP contribution in [0.15, 0.2) is 18.2 Å². The quantitative estimate of drug-likeness (QED) is 0.782. The largest absolute Gasteiger partial charge is 0.466 e. The van der Waals surface area contributed by atoms with E-state index in [4.69, 9.17) is 27.2 Å². The normalized spacial score (nSPS) is 14.5. The molecule has 1 aromatic carbocycles. The zero-order valence-electron chi connectivity index (χ0n) is 11.9. The van der Waals surface area contributed by atoms with Gasteiger partial charge >= 0.3 is 12.1 Å². The Hall–Kier alpha value is -1.31. The highest BCUT2D eigenvalue weighted by Gasteiger charge is 2.40. The summed E-state index contributed by atoms with van der Waals surface area (Å²) >= 11 is 5.82. The summed E-state index contributed by atoms with van der Waals surface area (Å²) in [5.74, 6) is -2.61. The maximum Gasteiger partial charge on any atom is 0.397 e. The zero-order valence-corrected chi connectivity index (χ0v) is 12.6. The molecule has 0 bridgehead atoms. The molecule has 0 aliphatic carbocycles. The minimum Gasteiger partial charge on any atom is -0.466 e. The first-order valence-corrected chi connectivity index (χ1v) is 6.96. The molecule has 0 aliphatic heterocycles. The van der Waals surface area contributed by atoms with Gasteiger partial charge in [0, 0.05) is 11.1 Å². The highest BCUT2D eigenvalue weighted by atomic mass is 35.5. The second kappa shape index (κ2) is 7.80. The van der Waals surface area contributed by atoms with Crippen LogP contribution in [0, 0.1) is 0 Å². The summed E-state index contributed by atoms with van der Waals surface area (Å²) in [6.45, 7) is 0.722. The lowest BCUT2D eigenvalue weighted by atomic mass is 9.94. The minimum absolute atomic E-state index is 0.0505. The number of ether oxygens (including phenoxy) is 1. The second-order valence-corrected chi connectivity index (χ2v) is 5.15.